The van der Waals surface area contributed by atoms with E-state index in [-0.39, 0.29) is 0 Å². The highest BCUT2D eigenvalue weighted by molar-refractivity contribution is 6.30. The van der Waals surface area contributed by atoms with Gasteiger partial charge < -0.3 is 5.11 Å². The lowest BCUT2D eigenvalue weighted by molar-refractivity contribution is -0.131. The first-order valence-electron chi connectivity index (χ1n) is 7.30. The zero-order valence-corrected chi connectivity index (χ0v) is 12.4. The molecule has 2 rings (SSSR count). The van der Waals surface area contributed by atoms with Crippen molar-refractivity contribution in [2.24, 2.45) is 5.92 Å². The summed E-state index contributed by atoms with van der Waals surface area (Å²) in [6, 6.07) is 8.23. The molecule has 0 aromatic heterocycles. The Kier molecular flexibility index (Phi) is 5.66. The Bertz CT molecular complexity index is 456. The predicted octanol–water partition coefficient (Wildman–Crippen LogP) is 5.03. The molecule has 0 atom stereocenters. The lowest BCUT2D eigenvalue weighted by atomic mass is 9.77. The number of carbonyl (C=O) groups is 1. The number of halogens is 1. The van der Waals surface area contributed by atoms with E-state index in [4.69, 9.17) is 16.7 Å². The number of carboxylic acids is 1. The zero-order valence-electron chi connectivity index (χ0n) is 11.6. The van der Waals surface area contributed by atoms with Crippen LogP contribution in [0.15, 0.2) is 36.4 Å². The maximum absolute atomic E-state index is 10.4. The van der Waals surface area contributed by atoms with E-state index in [1.54, 1.807) is 6.08 Å². The van der Waals surface area contributed by atoms with Crippen molar-refractivity contribution < 1.29 is 9.90 Å². The molecule has 0 aliphatic heterocycles. The minimum atomic E-state index is -0.851. The highest BCUT2D eigenvalue weighted by Gasteiger charge is 2.21. The van der Waals surface area contributed by atoms with Crippen LogP contribution in [0.5, 0.6) is 0 Å². The van der Waals surface area contributed by atoms with E-state index in [2.05, 4.69) is 12.1 Å². The molecule has 1 fully saturated rings. The third kappa shape index (κ3) is 4.68. The van der Waals surface area contributed by atoms with Gasteiger partial charge in [-0.15, -0.1) is 0 Å². The average molecular weight is 293 g/mol. The van der Waals surface area contributed by atoms with Gasteiger partial charge in [0.05, 0.1) is 0 Å². The van der Waals surface area contributed by atoms with Gasteiger partial charge in [-0.25, -0.2) is 4.79 Å². The molecule has 3 heteroatoms. The molecule has 1 aromatic rings. The van der Waals surface area contributed by atoms with Crippen molar-refractivity contribution in [2.45, 2.75) is 44.4 Å². The SMILES string of the molecule is O=C(O)/C=C/CC[C@H]1CC[C@H](c2ccc(Cl)cc2)CC1. The van der Waals surface area contributed by atoms with Gasteiger partial charge in [-0.1, -0.05) is 29.8 Å². The first-order valence-corrected chi connectivity index (χ1v) is 7.68. The standard InChI is InChI=1S/C17H21ClO2/c18-16-11-9-15(10-12-16)14-7-5-13(6-8-14)3-1-2-4-17(19)20/h2,4,9-14H,1,3,5-8H2,(H,19,20)/b4-2+/t13-,14-. The highest BCUT2D eigenvalue weighted by Crippen LogP contribution is 2.37. The zero-order chi connectivity index (χ0) is 14.4. The summed E-state index contributed by atoms with van der Waals surface area (Å²) in [5, 5.41) is 9.33. The summed E-state index contributed by atoms with van der Waals surface area (Å²) in [4.78, 5) is 10.4. The Labute approximate surface area is 125 Å². The van der Waals surface area contributed by atoms with E-state index in [0.717, 1.165) is 23.8 Å². The Balaban J connectivity index is 1.75. The van der Waals surface area contributed by atoms with Crippen LogP contribution >= 0.6 is 11.6 Å². The van der Waals surface area contributed by atoms with Gasteiger partial charge in [-0.2, -0.15) is 0 Å². The van der Waals surface area contributed by atoms with E-state index in [9.17, 15) is 4.79 Å². The summed E-state index contributed by atoms with van der Waals surface area (Å²) in [7, 11) is 0. The van der Waals surface area contributed by atoms with Crippen LogP contribution in [-0.4, -0.2) is 11.1 Å². The molecule has 1 aliphatic rings. The number of aliphatic carboxylic acids is 1. The fraction of sp³-hybridized carbons (Fsp3) is 0.471. The van der Waals surface area contributed by atoms with Crippen LogP contribution in [0, 0.1) is 5.92 Å². The Morgan fingerprint density at radius 1 is 1.20 bits per heavy atom. The lowest BCUT2D eigenvalue weighted by Gasteiger charge is -2.28. The number of carboxylic acid groups (broad SMARTS) is 1. The predicted molar refractivity (Wildman–Crippen MR) is 82.2 cm³/mol. The molecule has 20 heavy (non-hydrogen) atoms. The van der Waals surface area contributed by atoms with Gasteiger partial charge in [0.2, 0.25) is 0 Å². The summed E-state index contributed by atoms with van der Waals surface area (Å²) in [6.45, 7) is 0. The molecule has 1 aromatic carbocycles. The molecular formula is C17H21ClO2. The quantitative estimate of drug-likeness (QED) is 0.772. The molecule has 0 spiro atoms. The van der Waals surface area contributed by atoms with Gasteiger partial charge in [0, 0.05) is 11.1 Å². The minimum absolute atomic E-state index is 0.665. The average Bonchev–Trinajstić information content (AvgIpc) is 2.45. The van der Waals surface area contributed by atoms with Gasteiger partial charge in [-0.3, -0.25) is 0 Å². The van der Waals surface area contributed by atoms with Crippen LogP contribution in [0.1, 0.15) is 50.0 Å². The third-order valence-electron chi connectivity index (χ3n) is 4.19. The van der Waals surface area contributed by atoms with Crippen molar-refractivity contribution in [3.05, 3.63) is 47.0 Å². The molecule has 1 aliphatic carbocycles. The van der Waals surface area contributed by atoms with Crippen LogP contribution in [0.25, 0.3) is 0 Å². The molecule has 0 heterocycles. The number of rotatable bonds is 5. The van der Waals surface area contributed by atoms with Crippen LogP contribution in [-0.2, 0) is 4.79 Å². The van der Waals surface area contributed by atoms with Crippen LogP contribution < -0.4 is 0 Å². The van der Waals surface area contributed by atoms with E-state index in [1.807, 2.05) is 12.1 Å². The molecule has 2 nitrogen and oxygen atoms in total. The second kappa shape index (κ2) is 7.49. The number of benzene rings is 1. The second-order valence-electron chi connectivity index (χ2n) is 5.59. The summed E-state index contributed by atoms with van der Waals surface area (Å²) in [6.07, 6.45) is 9.96. The van der Waals surface area contributed by atoms with Crippen molar-refractivity contribution in [1.29, 1.82) is 0 Å². The minimum Gasteiger partial charge on any atom is -0.478 e. The van der Waals surface area contributed by atoms with Crippen LogP contribution in [0.3, 0.4) is 0 Å². The summed E-state index contributed by atoms with van der Waals surface area (Å²) in [5.41, 5.74) is 1.40. The molecular weight excluding hydrogens is 272 g/mol. The van der Waals surface area contributed by atoms with Gasteiger partial charge in [0.25, 0.3) is 0 Å². The summed E-state index contributed by atoms with van der Waals surface area (Å²) in [5.74, 6) is 0.562. The first kappa shape index (κ1) is 15.1. The molecule has 108 valence electrons. The van der Waals surface area contributed by atoms with Gasteiger partial charge in [0.15, 0.2) is 0 Å². The Morgan fingerprint density at radius 2 is 1.85 bits per heavy atom. The number of hydrogen-bond donors (Lipinski definition) is 1. The molecule has 0 bridgehead atoms. The smallest absolute Gasteiger partial charge is 0.327 e. The summed E-state index contributed by atoms with van der Waals surface area (Å²) < 4.78 is 0. The molecule has 1 N–H and O–H groups in total. The highest BCUT2D eigenvalue weighted by atomic mass is 35.5. The van der Waals surface area contributed by atoms with Crippen LogP contribution in [0.2, 0.25) is 5.02 Å². The van der Waals surface area contributed by atoms with Gasteiger partial charge in [-0.05, 0) is 68.1 Å². The molecule has 0 unspecified atom stereocenters. The Morgan fingerprint density at radius 3 is 2.45 bits per heavy atom. The van der Waals surface area contributed by atoms with Crippen LogP contribution in [0.4, 0.5) is 0 Å². The van der Waals surface area contributed by atoms with Crippen molar-refractivity contribution >= 4 is 17.6 Å². The van der Waals surface area contributed by atoms with Crippen molar-refractivity contribution in [3.63, 3.8) is 0 Å². The number of hydrogen-bond acceptors (Lipinski definition) is 1. The second-order valence-corrected chi connectivity index (χ2v) is 6.02. The lowest BCUT2D eigenvalue weighted by Crippen LogP contribution is -2.13. The van der Waals surface area contributed by atoms with Crippen molar-refractivity contribution in [3.8, 4) is 0 Å². The molecule has 0 amide bonds. The number of allylic oxidation sites excluding steroid dienone is 1. The van der Waals surface area contributed by atoms with Crippen molar-refractivity contribution in [1.82, 2.24) is 0 Å². The molecule has 0 saturated heterocycles. The van der Waals surface area contributed by atoms with E-state index < -0.39 is 5.97 Å². The molecule has 0 radical (unpaired) electrons. The first-order chi connectivity index (χ1) is 9.65. The molecule has 1 saturated carbocycles. The fourth-order valence-corrected chi connectivity index (χ4v) is 3.16. The maximum atomic E-state index is 10.4. The topological polar surface area (TPSA) is 37.3 Å². The van der Waals surface area contributed by atoms with Gasteiger partial charge >= 0.3 is 5.97 Å². The fourth-order valence-electron chi connectivity index (χ4n) is 3.04. The monoisotopic (exact) mass is 292 g/mol. The maximum Gasteiger partial charge on any atom is 0.327 e. The van der Waals surface area contributed by atoms with Gasteiger partial charge in [0.1, 0.15) is 0 Å². The summed E-state index contributed by atoms with van der Waals surface area (Å²) >= 11 is 5.92. The largest absolute Gasteiger partial charge is 0.478 e. The Hall–Kier alpha value is -1.28. The van der Waals surface area contributed by atoms with E-state index in [0.29, 0.717) is 5.92 Å². The van der Waals surface area contributed by atoms with E-state index in [1.165, 1.54) is 37.3 Å². The van der Waals surface area contributed by atoms with E-state index >= 15 is 0 Å². The third-order valence-corrected chi connectivity index (χ3v) is 4.44. The van der Waals surface area contributed by atoms with Crippen molar-refractivity contribution in [2.75, 3.05) is 0 Å². The normalized spacial score (nSPS) is 23.1.